The van der Waals surface area contributed by atoms with Crippen LogP contribution in [0.4, 0.5) is 13.2 Å². The number of halogens is 4. The van der Waals surface area contributed by atoms with Crippen molar-refractivity contribution in [3.05, 3.63) is 46.2 Å². The third-order valence-electron chi connectivity index (χ3n) is 2.52. The minimum Gasteiger partial charge on any atom is -0.284 e. The summed E-state index contributed by atoms with van der Waals surface area (Å²) in [6, 6.07) is 5.60. The van der Waals surface area contributed by atoms with Crippen LogP contribution in [0.3, 0.4) is 0 Å². The van der Waals surface area contributed by atoms with Crippen LogP contribution in [0.5, 0.6) is 0 Å². The Balaban J connectivity index is 2.64. The molecule has 0 radical (unpaired) electrons. The molecule has 0 unspecified atom stereocenters. The van der Waals surface area contributed by atoms with Gasteiger partial charge in [0.05, 0.1) is 11.3 Å². The highest BCUT2D eigenvalue weighted by Gasteiger charge is 2.40. The molecule has 2 rings (SSSR count). The maximum Gasteiger partial charge on any atom is 0.454 e. The molecule has 1 aromatic carbocycles. The number of carbonyl (C=O) groups excluding carboxylic acids is 1. The molecule has 0 saturated carbocycles. The van der Waals surface area contributed by atoms with Crippen molar-refractivity contribution < 1.29 is 18.0 Å². The van der Waals surface area contributed by atoms with Crippen LogP contribution in [0.15, 0.2) is 34.9 Å². The lowest BCUT2D eigenvalue weighted by Crippen LogP contribution is -2.24. The fourth-order valence-corrected chi connectivity index (χ4v) is 2.00. The van der Waals surface area contributed by atoms with Crippen molar-refractivity contribution in [3.8, 4) is 5.69 Å². The third kappa shape index (κ3) is 2.70. The number of hydrogen-bond acceptors (Lipinski definition) is 2. The second-order valence-corrected chi connectivity index (χ2v) is 4.79. The van der Waals surface area contributed by atoms with Crippen LogP contribution in [0.1, 0.15) is 16.1 Å². The Morgan fingerprint density at radius 1 is 1.32 bits per heavy atom. The first-order chi connectivity index (χ1) is 8.80. The minimum atomic E-state index is -4.91. The Morgan fingerprint density at radius 2 is 2.00 bits per heavy atom. The summed E-state index contributed by atoms with van der Waals surface area (Å²) in [5, 5.41) is 3.93. The number of ketones is 1. The SMILES string of the molecule is Cc1ccnn1-c1cc(Br)ccc1C(=O)C(F)(F)F. The van der Waals surface area contributed by atoms with E-state index in [1.165, 1.54) is 23.0 Å². The number of hydrogen-bond donors (Lipinski definition) is 0. The summed E-state index contributed by atoms with van der Waals surface area (Å²) in [7, 11) is 0. The third-order valence-corrected chi connectivity index (χ3v) is 3.02. The molecule has 7 heteroatoms. The van der Waals surface area contributed by atoms with E-state index in [1.807, 2.05) is 0 Å². The van der Waals surface area contributed by atoms with Gasteiger partial charge >= 0.3 is 6.18 Å². The zero-order valence-electron chi connectivity index (χ0n) is 9.70. The highest BCUT2D eigenvalue weighted by molar-refractivity contribution is 9.10. The van der Waals surface area contributed by atoms with Crippen molar-refractivity contribution >= 4 is 21.7 Å². The lowest BCUT2D eigenvalue weighted by atomic mass is 10.1. The van der Waals surface area contributed by atoms with Gasteiger partial charge in [-0.2, -0.15) is 18.3 Å². The van der Waals surface area contributed by atoms with Crippen LogP contribution in [-0.4, -0.2) is 21.7 Å². The van der Waals surface area contributed by atoms with Gasteiger partial charge in [-0.05, 0) is 31.2 Å². The van der Waals surface area contributed by atoms with Gasteiger partial charge in [0.15, 0.2) is 0 Å². The molecule has 0 fully saturated rings. The molecular weight excluding hydrogens is 325 g/mol. The molecule has 0 spiro atoms. The van der Waals surface area contributed by atoms with Gasteiger partial charge in [-0.1, -0.05) is 15.9 Å². The second-order valence-electron chi connectivity index (χ2n) is 3.87. The van der Waals surface area contributed by atoms with Crippen molar-refractivity contribution in [2.24, 2.45) is 0 Å². The summed E-state index contributed by atoms with van der Waals surface area (Å²) < 4.78 is 39.6. The van der Waals surface area contributed by atoms with E-state index in [0.29, 0.717) is 10.2 Å². The molecule has 19 heavy (non-hydrogen) atoms. The highest BCUT2D eigenvalue weighted by atomic mass is 79.9. The lowest BCUT2D eigenvalue weighted by Gasteiger charge is -2.12. The van der Waals surface area contributed by atoms with E-state index in [1.54, 1.807) is 13.0 Å². The maximum absolute atomic E-state index is 12.6. The van der Waals surface area contributed by atoms with E-state index in [9.17, 15) is 18.0 Å². The fourth-order valence-electron chi connectivity index (χ4n) is 1.65. The Bertz CT molecular complexity index is 634. The van der Waals surface area contributed by atoms with Crippen LogP contribution in [0.25, 0.3) is 5.69 Å². The summed E-state index contributed by atoms with van der Waals surface area (Å²) in [4.78, 5) is 11.4. The van der Waals surface area contributed by atoms with Crippen molar-refractivity contribution in [3.63, 3.8) is 0 Å². The van der Waals surface area contributed by atoms with Gasteiger partial charge in [0.25, 0.3) is 5.78 Å². The van der Waals surface area contributed by atoms with Crippen molar-refractivity contribution in [2.45, 2.75) is 13.1 Å². The van der Waals surface area contributed by atoms with Gasteiger partial charge in [0.1, 0.15) is 0 Å². The van der Waals surface area contributed by atoms with Crippen LogP contribution >= 0.6 is 15.9 Å². The molecule has 0 aliphatic rings. The topological polar surface area (TPSA) is 34.9 Å². The molecule has 2 aromatic rings. The van der Waals surface area contributed by atoms with Gasteiger partial charge in [0, 0.05) is 16.4 Å². The monoisotopic (exact) mass is 332 g/mol. The Labute approximate surface area is 115 Å². The zero-order valence-corrected chi connectivity index (χ0v) is 11.3. The lowest BCUT2D eigenvalue weighted by molar-refractivity contribution is -0.0885. The maximum atomic E-state index is 12.6. The summed E-state index contributed by atoms with van der Waals surface area (Å²) in [5.74, 6) is -1.88. The van der Waals surface area contributed by atoms with Crippen LogP contribution in [0, 0.1) is 6.92 Å². The fraction of sp³-hybridized carbons (Fsp3) is 0.167. The van der Waals surface area contributed by atoms with Gasteiger partial charge < -0.3 is 0 Å². The number of aromatic nitrogens is 2. The van der Waals surface area contributed by atoms with Gasteiger partial charge in [-0.25, -0.2) is 4.68 Å². The number of alkyl halides is 3. The summed E-state index contributed by atoms with van der Waals surface area (Å²) in [5.41, 5.74) is 0.302. The van der Waals surface area contributed by atoms with E-state index in [2.05, 4.69) is 21.0 Å². The molecule has 0 aliphatic heterocycles. The molecular formula is C12H8BrF3N2O. The standard InChI is InChI=1S/C12H8BrF3N2O/c1-7-4-5-17-18(7)10-6-8(13)2-3-9(10)11(19)12(14,15)16/h2-6H,1H3. The van der Waals surface area contributed by atoms with Crippen LogP contribution in [0.2, 0.25) is 0 Å². The first-order valence-corrected chi connectivity index (χ1v) is 6.02. The predicted molar refractivity (Wildman–Crippen MR) is 66.4 cm³/mol. The molecule has 3 nitrogen and oxygen atoms in total. The van der Waals surface area contributed by atoms with Crippen LogP contribution < -0.4 is 0 Å². The first-order valence-electron chi connectivity index (χ1n) is 5.23. The molecule has 0 aliphatic carbocycles. The number of carbonyl (C=O) groups is 1. The number of benzene rings is 1. The Morgan fingerprint density at radius 3 is 2.53 bits per heavy atom. The van der Waals surface area contributed by atoms with Gasteiger partial charge in [-0.3, -0.25) is 4.79 Å². The molecule has 0 amide bonds. The van der Waals surface area contributed by atoms with E-state index in [-0.39, 0.29) is 5.69 Å². The minimum absolute atomic E-state index is 0.0965. The zero-order chi connectivity index (χ0) is 14.2. The van der Waals surface area contributed by atoms with Crippen molar-refractivity contribution in [1.29, 1.82) is 0 Å². The van der Waals surface area contributed by atoms with E-state index in [4.69, 9.17) is 0 Å². The molecule has 1 heterocycles. The number of rotatable bonds is 2. The van der Waals surface area contributed by atoms with E-state index < -0.39 is 17.5 Å². The molecule has 0 saturated heterocycles. The van der Waals surface area contributed by atoms with Crippen LogP contribution in [-0.2, 0) is 0 Å². The average molecular weight is 333 g/mol. The van der Waals surface area contributed by atoms with E-state index >= 15 is 0 Å². The number of nitrogens with zero attached hydrogens (tertiary/aromatic N) is 2. The smallest absolute Gasteiger partial charge is 0.284 e. The second kappa shape index (κ2) is 4.80. The van der Waals surface area contributed by atoms with E-state index in [0.717, 1.165) is 6.07 Å². The van der Waals surface area contributed by atoms with Gasteiger partial charge in [0.2, 0.25) is 0 Å². The van der Waals surface area contributed by atoms with Crippen molar-refractivity contribution in [2.75, 3.05) is 0 Å². The average Bonchev–Trinajstić information content (AvgIpc) is 2.73. The molecule has 0 N–H and O–H groups in total. The number of Topliss-reactive ketones (excluding diaryl/α,β-unsaturated/α-hetero) is 1. The Kier molecular flexibility index (Phi) is 3.49. The van der Waals surface area contributed by atoms with Crippen molar-refractivity contribution in [1.82, 2.24) is 9.78 Å². The summed E-state index contributed by atoms with van der Waals surface area (Å²) >= 11 is 3.17. The summed E-state index contributed by atoms with van der Waals surface area (Å²) in [6.07, 6.45) is -3.46. The highest BCUT2D eigenvalue weighted by Crippen LogP contribution is 2.28. The first kappa shape index (κ1) is 13.8. The normalized spacial score (nSPS) is 11.6. The predicted octanol–water partition coefficient (Wildman–Crippen LogP) is 3.69. The summed E-state index contributed by atoms with van der Waals surface area (Å²) in [6.45, 7) is 1.69. The molecule has 0 atom stereocenters. The quantitative estimate of drug-likeness (QED) is 0.786. The molecule has 0 bridgehead atoms. The van der Waals surface area contributed by atoms with Gasteiger partial charge in [-0.15, -0.1) is 0 Å². The largest absolute Gasteiger partial charge is 0.454 e. The molecule has 1 aromatic heterocycles. The molecule has 100 valence electrons. The number of aryl methyl sites for hydroxylation is 1. The Hall–Kier alpha value is -1.63.